The number of rotatable bonds is 7. The van der Waals surface area contributed by atoms with E-state index in [2.05, 4.69) is 4.74 Å². The van der Waals surface area contributed by atoms with Crippen LogP contribution in [-0.2, 0) is 12.6 Å². The molecule has 0 aliphatic carbocycles. The van der Waals surface area contributed by atoms with E-state index in [1.54, 1.807) is 19.1 Å². The third kappa shape index (κ3) is 5.60. The van der Waals surface area contributed by atoms with E-state index in [1.807, 2.05) is 18.2 Å². The van der Waals surface area contributed by atoms with E-state index in [1.165, 1.54) is 40.6 Å². The predicted octanol–water partition coefficient (Wildman–Crippen LogP) is 7.52. The minimum absolute atomic E-state index is 0.0844. The summed E-state index contributed by atoms with van der Waals surface area (Å²) in [5, 5.41) is 0.393. The number of nitrogens with zero attached hydrogens (tertiary/aromatic N) is 1. The summed E-state index contributed by atoms with van der Waals surface area (Å²) in [5.41, 5.74) is 6.16. The maximum absolute atomic E-state index is 15.0. The van der Waals surface area contributed by atoms with Gasteiger partial charge < -0.3 is 10.5 Å². The predicted molar refractivity (Wildman–Crippen MR) is 145 cm³/mol. The van der Waals surface area contributed by atoms with Crippen LogP contribution in [0.15, 0.2) is 82.6 Å². The lowest BCUT2D eigenvalue weighted by Gasteiger charge is -2.25. The largest absolute Gasteiger partial charge is 0.435 e. The second kappa shape index (κ2) is 11.3. The maximum Gasteiger partial charge on any atom is 0.416 e. The van der Waals surface area contributed by atoms with Crippen molar-refractivity contribution in [2.24, 2.45) is 5.73 Å². The van der Waals surface area contributed by atoms with Gasteiger partial charge in [-0.1, -0.05) is 48.5 Å². The number of hydrogen-bond acceptors (Lipinski definition) is 4. The van der Waals surface area contributed by atoms with Crippen LogP contribution in [0.2, 0.25) is 0 Å². The van der Waals surface area contributed by atoms with Crippen molar-refractivity contribution in [3.63, 3.8) is 0 Å². The lowest BCUT2D eigenvalue weighted by atomic mass is 9.92. The standard InChI is InChI=1S/C30H24F6N2O2S/c1-16-20(14-21-22(30(34,35)36)11-6-12-23(21)31)28-38(24(15-41-28)26(37)17-7-3-2-4-8-17)27(39)25(16)18-9-5-10-19(13-18)40-29(32)33/h2-13,24,26,29H,14-15,37H2,1H3/t24-,26?/m1/s1. The number of benzene rings is 3. The van der Waals surface area contributed by atoms with Gasteiger partial charge in [0.25, 0.3) is 5.56 Å². The van der Waals surface area contributed by atoms with Crippen molar-refractivity contribution in [1.29, 1.82) is 0 Å². The Morgan fingerprint density at radius 2 is 1.73 bits per heavy atom. The van der Waals surface area contributed by atoms with Gasteiger partial charge in [-0.3, -0.25) is 9.36 Å². The summed E-state index contributed by atoms with van der Waals surface area (Å²) in [6.07, 6.45) is -5.27. The minimum atomic E-state index is -4.81. The summed E-state index contributed by atoms with van der Waals surface area (Å²) >= 11 is 1.26. The molecule has 1 aliphatic rings. The third-order valence-corrected chi connectivity index (χ3v) is 8.41. The zero-order valence-corrected chi connectivity index (χ0v) is 22.4. The number of ether oxygens (including phenoxy) is 1. The quantitative estimate of drug-likeness (QED) is 0.226. The van der Waals surface area contributed by atoms with Gasteiger partial charge in [-0.05, 0) is 53.4 Å². The van der Waals surface area contributed by atoms with Gasteiger partial charge in [0.2, 0.25) is 0 Å². The zero-order chi connectivity index (χ0) is 29.5. The van der Waals surface area contributed by atoms with Crippen LogP contribution in [-0.4, -0.2) is 16.9 Å². The SMILES string of the molecule is Cc1c(Cc2c(F)cccc2C(F)(F)F)c2n(c(=O)c1-c1cccc(OC(F)F)c1)[C@@H](C(N)c1ccccc1)CS2. The van der Waals surface area contributed by atoms with Gasteiger partial charge in [-0.2, -0.15) is 22.0 Å². The smallest absolute Gasteiger partial charge is 0.416 e. The number of hydrogen-bond donors (Lipinski definition) is 1. The van der Waals surface area contributed by atoms with Crippen molar-refractivity contribution in [3.8, 4) is 16.9 Å². The summed E-state index contributed by atoms with van der Waals surface area (Å²) in [6.45, 7) is -1.54. The van der Waals surface area contributed by atoms with Gasteiger partial charge in [0.1, 0.15) is 11.6 Å². The lowest BCUT2D eigenvalue weighted by Crippen LogP contribution is -2.33. The van der Waals surface area contributed by atoms with Crippen molar-refractivity contribution in [2.45, 2.75) is 43.2 Å². The summed E-state index contributed by atoms with van der Waals surface area (Å²) < 4.78 is 88.5. The van der Waals surface area contributed by atoms with Gasteiger partial charge >= 0.3 is 12.8 Å². The molecule has 0 spiro atoms. The van der Waals surface area contributed by atoms with E-state index in [0.717, 1.165) is 23.8 Å². The molecule has 11 heteroatoms. The van der Waals surface area contributed by atoms with Gasteiger partial charge in [0.05, 0.1) is 28.2 Å². The number of alkyl halides is 5. The van der Waals surface area contributed by atoms with Crippen LogP contribution in [0.4, 0.5) is 26.3 Å². The fraction of sp³-hybridized carbons (Fsp3) is 0.233. The Labute approximate surface area is 235 Å². The van der Waals surface area contributed by atoms with Crippen LogP contribution in [0.3, 0.4) is 0 Å². The van der Waals surface area contributed by atoms with Crippen molar-refractivity contribution in [2.75, 3.05) is 5.75 Å². The van der Waals surface area contributed by atoms with Crippen LogP contribution in [0.1, 0.15) is 39.9 Å². The number of aromatic nitrogens is 1. The van der Waals surface area contributed by atoms with E-state index < -0.39 is 53.8 Å². The highest BCUT2D eigenvalue weighted by atomic mass is 32.2. The van der Waals surface area contributed by atoms with Gasteiger partial charge in [-0.15, -0.1) is 11.8 Å². The van der Waals surface area contributed by atoms with E-state index in [0.29, 0.717) is 21.9 Å². The summed E-state index contributed by atoms with van der Waals surface area (Å²) in [6, 6.07) is 16.1. The van der Waals surface area contributed by atoms with Crippen molar-refractivity contribution < 1.29 is 31.1 Å². The van der Waals surface area contributed by atoms with Crippen LogP contribution >= 0.6 is 11.8 Å². The van der Waals surface area contributed by atoms with Crippen molar-refractivity contribution >= 4 is 11.8 Å². The molecule has 0 fully saturated rings. The highest BCUT2D eigenvalue weighted by molar-refractivity contribution is 7.99. The fourth-order valence-electron chi connectivity index (χ4n) is 5.24. The molecule has 1 aromatic heterocycles. The van der Waals surface area contributed by atoms with Crippen LogP contribution in [0, 0.1) is 12.7 Å². The monoisotopic (exact) mass is 590 g/mol. The Morgan fingerprint density at radius 1 is 1.02 bits per heavy atom. The molecule has 1 unspecified atom stereocenters. The summed E-state index contributed by atoms with van der Waals surface area (Å²) in [7, 11) is 0. The summed E-state index contributed by atoms with van der Waals surface area (Å²) in [4.78, 5) is 14.1. The molecule has 1 aliphatic heterocycles. The van der Waals surface area contributed by atoms with Gasteiger partial charge in [-0.25, -0.2) is 4.39 Å². The number of fused-ring (bicyclic) bond motifs is 1. The van der Waals surface area contributed by atoms with E-state index in [-0.39, 0.29) is 16.9 Å². The van der Waals surface area contributed by atoms with Crippen molar-refractivity contribution in [3.05, 3.63) is 117 Å². The van der Waals surface area contributed by atoms with Gasteiger partial charge in [0, 0.05) is 17.7 Å². The average molecular weight is 591 g/mol. The minimum Gasteiger partial charge on any atom is -0.435 e. The highest BCUT2D eigenvalue weighted by Gasteiger charge is 2.37. The summed E-state index contributed by atoms with van der Waals surface area (Å²) in [5.74, 6) is -0.874. The first-order valence-corrected chi connectivity index (χ1v) is 13.6. The molecule has 41 heavy (non-hydrogen) atoms. The average Bonchev–Trinajstić information content (AvgIpc) is 3.36. The fourth-order valence-corrected chi connectivity index (χ4v) is 6.69. The van der Waals surface area contributed by atoms with Crippen LogP contribution < -0.4 is 16.0 Å². The Bertz CT molecular complexity index is 1640. The molecule has 214 valence electrons. The number of pyridine rings is 1. The molecular weight excluding hydrogens is 566 g/mol. The zero-order valence-electron chi connectivity index (χ0n) is 21.6. The first-order chi connectivity index (χ1) is 19.5. The number of nitrogens with two attached hydrogens (primary N) is 1. The molecule has 4 nitrogen and oxygen atoms in total. The maximum atomic E-state index is 15.0. The molecule has 0 radical (unpaired) electrons. The molecular formula is C30H24F6N2O2S. The molecule has 0 bridgehead atoms. The second-order valence-electron chi connectivity index (χ2n) is 9.62. The second-order valence-corrected chi connectivity index (χ2v) is 10.6. The Morgan fingerprint density at radius 3 is 2.41 bits per heavy atom. The van der Waals surface area contributed by atoms with Crippen LogP contribution in [0.25, 0.3) is 11.1 Å². The van der Waals surface area contributed by atoms with Crippen molar-refractivity contribution in [1.82, 2.24) is 4.57 Å². The topological polar surface area (TPSA) is 57.2 Å². The third-order valence-electron chi connectivity index (χ3n) is 7.18. The highest BCUT2D eigenvalue weighted by Crippen LogP contribution is 2.44. The molecule has 2 N–H and O–H groups in total. The van der Waals surface area contributed by atoms with E-state index in [4.69, 9.17) is 5.73 Å². The molecule has 3 aromatic carbocycles. The first-order valence-electron chi connectivity index (χ1n) is 12.6. The van der Waals surface area contributed by atoms with Crippen LogP contribution in [0.5, 0.6) is 5.75 Å². The lowest BCUT2D eigenvalue weighted by molar-refractivity contribution is -0.138. The molecule has 4 aromatic rings. The molecule has 5 rings (SSSR count). The van der Waals surface area contributed by atoms with E-state index in [9.17, 15) is 31.1 Å². The Hall–Kier alpha value is -3.70. The van der Waals surface area contributed by atoms with E-state index >= 15 is 0 Å². The first kappa shape index (κ1) is 28.8. The Balaban J connectivity index is 1.75. The molecule has 0 saturated carbocycles. The molecule has 0 amide bonds. The normalized spacial score (nSPS) is 15.7. The number of halogens is 6. The molecule has 0 saturated heterocycles. The molecule has 2 atom stereocenters. The van der Waals surface area contributed by atoms with Gasteiger partial charge in [0.15, 0.2) is 0 Å². The molecule has 2 heterocycles. The number of thioether (sulfide) groups is 1. The Kier molecular flexibility index (Phi) is 7.93.